The summed E-state index contributed by atoms with van der Waals surface area (Å²) in [6, 6.07) is 0. The summed E-state index contributed by atoms with van der Waals surface area (Å²) in [5, 5.41) is 17.0. The molecule has 0 fully saturated rings. The number of carboxylic acid groups (broad SMARTS) is 1. The SMILES string of the molecule is C\C=C/C=C\C(O)=C\C(=O)O. The summed E-state index contributed by atoms with van der Waals surface area (Å²) < 4.78 is 0. The van der Waals surface area contributed by atoms with Gasteiger partial charge in [-0.3, -0.25) is 0 Å². The van der Waals surface area contributed by atoms with E-state index in [9.17, 15) is 4.79 Å². The Labute approximate surface area is 65.0 Å². The second-order valence-electron chi connectivity index (χ2n) is 1.79. The molecule has 0 saturated carbocycles. The van der Waals surface area contributed by atoms with Gasteiger partial charge in [-0.05, 0) is 13.0 Å². The van der Waals surface area contributed by atoms with E-state index in [0.717, 1.165) is 6.08 Å². The van der Waals surface area contributed by atoms with E-state index in [2.05, 4.69) is 0 Å². The van der Waals surface area contributed by atoms with Crippen molar-refractivity contribution in [3.63, 3.8) is 0 Å². The van der Waals surface area contributed by atoms with Crippen molar-refractivity contribution in [3.05, 3.63) is 36.1 Å². The minimum atomic E-state index is -1.16. The lowest BCUT2D eigenvalue weighted by Gasteiger charge is -1.85. The van der Waals surface area contributed by atoms with E-state index in [4.69, 9.17) is 10.2 Å². The Balaban J connectivity index is 4.05. The van der Waals surface area contributed by atoms with Crippen LogP contribution in [0.1, 0.15) is 6.92 Å². The lowest BCUT2D eigenvalue weighted by Crippen LogP contribution is -1.89. The van der Waals surface area contributed by atoms with Crippen LogP contribution in [0.4, 0.5) is 0 Å². The Bertz CT molecular complexity index is 211. The summed E-state index contributed by atoms with van der Waals surface area (Å²) >= 11 is 0. The number of aliphatic carboxylic acids is 1. The maximum absolute atomic E-state index is 9.95. The third-order valence-electron chi connectivity index (χ3n) is 0.842. The molecule has 0 atom stereocenters. The fourth-order valence-electron chi connectivity index (χ4n) is 0.440. The summed E-state index contributed by atoms with van der Waals surface area (Å²) in [7, 11) is 0. The summed E-state index contributed by atoms with van der Waals surface area (Å²) in [4.78, 5) is 9.95. The highest BCUT2D eigenvalue weighted by molar-refractivity contribution is 5.80. The van der Waals surface area contributed by atoms with Crippen molar-refractivity contribution in [3.8, 4) is 0 Å². The van der Waals surface area contributed by atoms with Crippen molar-refractivity contribution in [2.24, 2.45) is 0 Å². The maximum Gasteiger partial charge on any atom is 0.332 e. The molecule has 3 heteroatoms. The van der Waals surface area contributed by atoms with Gasteiger partial charge >= 0.3 is 5.97 Å². The first-order valence-corrected chi connectivity index (χ1v) is 3.09. The molecule has 0 rings (SSSR count). The number of hydrogen-bond donors (Lipinski definition) is 2. The van der Waals surface area contributed by atoms with Crippen LogP contribution in [-0.4, -0.2) is 16.2 Å². The Morgan fingerprint density at radius 2 is 1.91 bits per heavy atom. The third kappa shape index (κ3) is 6.37. The van der Waals surface area contributed by atoms with E-state index in [0.29, 0.717) is 0 Å². The molecule has 0 spiro atoms. The van der Waals surface area contributed by atoms with Gasteiger partial charge < -0.3 is 10.2 Å². The monoisotopic (exact) mass is 154 g/mol. The van der Waals surface area contributed by atoms with Gasteiger partial charge in [-0.25, -0.2) is 4.79 Å². The number of carboxylic acids is 1. The van der Waals surface area contributed by atoms with Crippen LogP contribution in [0, 0.1) is 0 Å². The molecule has 0 aliphatic heterocycles. The highest BCUT2D eigenvalue weighted by Gasteiger charge is 1.89. The van der Waals surface area contributed by atoms with Gasteiger partial charge in [0.1, 0.15) is 5.76 Å². The Kier molecular flexibility index (Phi) is 4.56. The van der Waals surface area contributed by atoms with Gasteiger partial charge in [0.2, 0.25) is 0 Å². The van der Waals surface area contributed by atoms with Crippen LogP contribution in [0.3, 0.4) is 0 Å². The lowest BCUT2D eigenvalue weighted by molar-refractivity contribution is -0.131. The number of rotatable bonds is 3. The molecule has 0 heterocycles. The fraction of sp³-hybridized carbons (Fsp3) is 0.125. The molecule has 60 valence electrons. The van der Waals surface area contributed by atoms with Crippen LogP contribution in [-0.2, 0) is 4.79 Å². The minimum absolute atomic E-state index is 0.268. The molecule has 0 aromatic rings. The highest BCUT2D eigenvalue weighted by atomic mass is 16.4. The molecule has 0 saturated heterocycles. The number of carbonyl (C=O) groups is 1. The van der Waals surface area contributed by atoms with Gasteiger partial charge in [-0.1, -0.05) is 18.2 Å². The van der Waals surface area contributed by atoms with Crippen LogP contribution in [0.15, 0.2) is 36.1 Å². The Morgan fingerprint density at radius 1 is 1.27 bits per heavy atom. The van der Waals surface area contributed by atoms with Crippen LogP contribution >= 0.6 is 0 Å². The first-order valence-electron chi connectivity index (χ1n) is 3.09. The molecule has 0 aromatic carbocycles. The van der Waals surface area contributed by atoms with Crippen molar-refractivity contribution >= 4 is 5.97 Å². The van der Waals surface area contributed by atoms with Crippen molar-refractivity contribution in [2.75, 3.05) is 0 Å². The molecule has 0 aliphatic carbocycles. The quantitative estimate of drug-likeness (QED) is 0.369. The second kappa shape index (κ2) is 5.29. The summed E-state index contributed by atoms with van der Waals surface area (Å²) in [6.45, 7) is 1.82. The number of hydrogen-bond acceptors (Lipinski definition) is 2. The molecule has 0 radical (unpaired) electrons. The minimum Gasteiger partial charge on any atom is -0.508 e. The predicted octanol–water partition coefficient (Wildman–Crippen LogP) is 1.65. The zero-order valence-electron chi connectivity index (χ0n) is 6.19. The first-order chi connectivity index (χ1) is 5.16. The standard InChI is InChI=1S/C8H10O3/c1-2-3-4-5-7(9)6-8(10)11/h2-6,9H,1H3,(H,10,11)/b3-2-,5-4-,7-6-. The van der Waals surface area contributed by atoms with Crippen LogP contribution in [0.25, 0.3) is 0 Å². The Morgan fingerprint density at radius 3 is 2.36 bits per heavy atom. The van der Waals surface area contributed by atoms with Gasteiger partial charge in [-0.15, -0.1) is 0 Å². The van der Waals surface area contributed by atoms with E-state index in [1.54, 1.807) is 18.2 Å². The van der Waals surface area contributed by atoms with Gasteiger partial charge in [0.25, 0.3) is 0 Å². The summed E-state index contributed by atoms with van der Waals surface area (Å²) in [6.07, 6.45) is 7.03. The van der Waals surface area contributed by atoms with Gasteiger partial charge in [0, 0.05) is 0 Å². The van der Waals surface area contributed by atoms with Crippen molar-refractivity contribution in [1.29, 1.82) is 0 Å². The lowest BCUT2D eigenvalue weighted by atomic mass is 10.4. The van der Waals surface area contributed by atoms with E-state index in [1.165, 1.54) is 6.08 Å². The molecular formula is C8H10O3. The largest absolute Gasteiger partial charge is 0.508 e. The summed E-state index contributed by atoms with van der Waals surface area (Å²) in [5.74, 6) is -1.43. The van der Waals surface area contributed by atoms with Crippen molar-refractivity contribution < 1.29 is 15.0 Å². The molecule has 11 heavy (non-hydrogen) atoms. The third-order valence-corrected chi connectivity index (χ3v) is 0.842. The average molecular weight is 154 g/mol. The normalized spacial score (nSPS) is 13.0. The fourth-order valence-corrected chi connectivity index (χ4v) is 0.440. The van der Waals surface area contributed by atoms with Crippen LogP contribution < -0.4 is 0 Å². The number of aliphatic hydroxyl groups is 1. The molecule has 3 nitrogen and oxygen atoms in total. The maximum atomic E-state index is 9.95. The van der Waals surface area contributed by atoms with E-state index in [-0.39, 0.29) is 5.76 Å². The molecular weight excluding hydrogens is 144 g/mol. The zero-order chi connectivity index (χ0) is 8.69. The van der Waals surface area contributed by atoms with E-state index >= 15 is 0 Å². The number of allylic oxidation sites excluding steroid dienone is 4. The molecule has 0 aliphatic rings. The highest BCUT2D eigenvalue weighted by Crippen LogP contribution is 1.90. The van der Waals surface area contributed by atoms with Gasteiger partial charge in [0.05, 0.1) is 6.08 Å². The van der Waals surface area contributed by atoms with Crippen LogP contribution in [0.5, 0.6) is 0 Å². The first kappa shape index (κ1) is 9.49. The topological polar surface area (TPSA) is 57.5 Å². The Hall–Kier alpha value is -1.51. The number of aliphatic hydroxyl groups excluding tert-OH is 1. The van der Waals surface area contributed by atoms with Crippen molar-refractivity contribution in [2.45, 2.75) is 6.92 Å². The molecule has 0 unspecified atom stereocenters. The smallest absolute Gasteiger partial charge is 0.332 e. The zero-order valence-corrected chi connectivity index (χ0v) is 6.19. The van der Waals surface area contributed by atoms with E-state index < -0.39 is 5.97 Å². The second-order valence-corrected chi connectivity index (χ2v) is 1.79. The van der Waals surface area contributed by atoms with E-state index in [1.807, 2.05) is 6.92 Å². The van der Waals surface area contributed by atoms with Gasteiger partial charge in [-0.2, -0.15) is 0 Å². The average Bonchev–Trinajstić information content (AvgIpc) is 1.86. The molecule has 2 N–H and O–H groups in total. The molecule has 0 amide bonds. The van der Waals surface area contributed by atoms with Crippen molar-refractivity contribution in [1.82, 2.24) is 0 Å². The molecule has 0 aromatic heterocycles. The van der Waals surface area contributed by atoms with Crippen LogP contribution in [0.2, 0.25) is 0 Å². The predicted molar refractivity (Wildman–Crippen MR) is 42.3 cm³/mol. The van der Waals surface area contributed by atoms with Gasteiger partial charge in [0.15, 0.2) is 0 Å². The summed E-state index contributed by atoms with van der Waals surface area (Å²) in [5.41, 5.74) is 0. The molecule has 0 bridgehead atoms.